The Hall–Kier alpha value is -2.27. The molecule has 0 aromatic heterocycles. The zero-order chi connectivity index (χ0) is 14.8. The van der Waals surface area contributed by atoms with Crippen molar-refractivity contribution < 1.29 is 4.74 Å². The van der Waals surface area contributed by atoms with Gasteiger partial charge in [0.15, 0.2) is 0 Å². The number of benzene rings is 2. The van der Waals surface area contributed by atoms with Crippen LogP contribution in [0.25, 0.3) is 0 Å². The lowest BCUT2D eigenvalue weighted by atomic mass is 9.98. The van der Waals surface area contributed by atoms with E-state index in [-0.39, 0.29) is 5.92 Å². The van der Waals surface area contributed by atoms with Crippen molar-refractivity contribution in [3.63, 3.8) is 0 Å². The number of nitriles is 1. The van der Waals surface area contributed by atoms with Crippen LogP contribution in [0, 0.1) is 11.3 Å². The summed E-state index contributed by atoms with van der Waals surface area (Å²) in [5.41, 5.74) is 1.13. The van der Waals surface area contributed by atoms with Crippen molar-refractivity contribution in [2.45, 2.75) is 33.1 Å². The molecular formula is C18H21NO. The molecule has 0 fully saturated rings. The first-order chi connectivity index (χ1) is 9.79. The maximum absolute atomic E-state index is 8.72. The summed E-state index contributed by atoms with van der Waals surface area (Å²) in [4.78, 5) is 0. The van der Waals surface area contributed by atoms with Crippen LogP contribution in [0.3, 0.4) is 0 Å². The molecule has 0 bridgehead atoms. The summed E-state index contributed by atoms with van der Waals surface area (Å²) in [6, 6.07) is 19.8. The highest BCUT2D eigenvalue weighted by molar-refractivity contribution is 5.35. The topological polar surface area (TPSA) is 33.0 Å². The first kappa shape index (κ1) is 15.8. The van der Waals surface area contributed by atoms with Gasteiger partial charge in [-0.1, -0.05) is 51.1 Å². The minimum absolute atomic E-state index is 0.231. The van der Waals surface area contributed by atoms with E-state index in [1.807, 2.05) is 75.4 Å². The summed E-state index contributed by atoms with van der Waals surface area (Å²) in [7, 11) is 0. The molecule has 2 rings (SSSR count). The van der Waals surface area contributed by atoms with Crippen LogP contribution in [0.5, 0.6) is 11.5 Å². The van der Waals surface area contributed by atoms with Gasteiger partial charge in [0.1, 0.15) is 11.5 Å². The number of ether oxygens (including phenoxy) is 1. The predicted octanol–water partition coefficient (Wildman–Crippen LogP) is 5.52. The first-order valence-corrected chi connectivity index (χ1v) is 6.99. The molecule has 2 aromatic carbocycles. The quantitative estimate of drug-likeness (QED) is 0.730. The third kappa shape index (κ3) is 4.78. The van der Waals surface area contributed by atoms with Crippen molar-refractivity contribution in [1.82, 2.24) is 0 Å². The zero-order valence-corrected chi connectivity index (χ0v) is 12.3. The van der Waals surface area contributed by atoms with Crippen molar-refractivity contribution in [2.24, 2.45) is 0 Å². The van der Waals surface area contributed by atoms with Gasteiger partial charge in [-0.15, -0.1) is 0 Å². The maximum atomic E-state index is 8.72. The van der Waals surface area contributed by atoms with E-state index in [2.05, 4.69) is 6.07 Å². The zero-order valence-electron chi connectivity index (χ0n) is 12.3. The lowest BCUT2D eigenvalue weighted by Gasteiger charge is -2.10. The van der Waals surface area contributed by atoms with E-state index in [9.17, 15) is 0 Å². The smallest absolute Gasteiger partial charge is 0.127 e. The van der Waals surface area contributed by atoms with E-state index < -0.39 is 0 Å². The minimum Gasteiger partial charge on any atom is -0.457 e. The molecule has 0 heterocycles. The average Bonchev–Trinajstić information content (AvgIpc) is 2.51. The highest BCUT2D eigenvalue weighted by atomic mass is 16.5. The molecule has 0 aliphatic rings. The highest BCUT2D eigenvalue weighted by Gasteiger charge is 2.06. The normalized spacial score (nSPS) is 10.7. The van der Waals surface area contributed by atoms with E-state index in [1.165, 1.54) is 0 Å². The second kappa shape index (κ2) is 8.77. The minimum atomic E-state index is 0.231. The molecule has 0 amide bonds. The molecule has 0 aliphatic heterocycles. The second-order valence-corrected chi connectivity index (χ2v) is 4.25. The average molecular weight is 267 g/mol. The van der Waals surface area contributed by atoms with Gasteiger partial charge in [0.05, 0.1) is 6.07 Å². The lowest BCUT2D eigenvalue weighted by molar-refractivity contribution is 0.481. The number of para-hydroxylation sites is 1. The van der Waals surface area contributed by atoms with Crippen LogP contribution >= 0.6 is 0 Å². The van der Waals surface area contributed by atoms with Crippen molar-refractivity contribution in [2.75, 3.05) is 0 Å². The Morgan fingerprint density at radius 2 is 1.65 bits per heavy atom. The molecule has 2 aromatic rings. The van der Waals surface area contributed by atoms with Gasteiger partial charge in [0.25, 0.3) is 0 Å². The maximum Gasteiger partial charge on any atom is 0.127 e. The Kier molecular flexibility index (Phi) is 6.92. The molecular weight excluding hydrogens is 246 g/mol. The molecule has 0 N–H and O–H groups in total. The Balaban J connectivity index is 0.000000956. The Bertz CT molecular complexity index is 543. The molecule has 0 radical (unpaired) electrons. The third-order valence-electron chi connectivity index (χ3n) is 2.80. The summed E-state index contributed by atoms with van der Waals surface area (Å²) in [6.07, 6.45) is 0.523. The largest absolute Gasteiger partial charge is 0.457 e. The number of rotatable bonds is 4. The van der Waals surface area contributed by atoms with Gasteiger partial charge in [0, 0.05) is 6.42 Å². The van der Waals surface area contributed by atoms with Crippen LogP contribution < -0.4 is 4.74 Å². The standard InChI is InChI=1S/C16H15NO.C2H6/c1-13(10-11-17)14-6-5-9-16(12-14)18-15-7-3-2-4-8-15;1-2/h2-9,12-13H,10H2,1H3;1-2H3. The Morgan fingerprint density at radius 1 is 1.00 bits per heavy atom. The van der Waals surface area contributed by atoms with Gasteiger partial charge in [-0.2, -0.15) is 5.26 Å². The van der Waals surface area contributed by atoms with E-state index in [0.29, 0.717) is 6.42 Å². The monoisotopic (exact) mass is 267 g/mol. The summed E-state index contributed by atoms with van der Waals surface area (Å²) in [5.74, 6) is 1.86. The Labute approximate surface area is 121 Å². The summed E-state index contributed by atoms with van der Waals surface area (Å²) in [5, 5.41) is 8.72. The predicted molar refractivity (Wildman–Crippen MR) is 83.0 cm³/mol. The molecule has 1 unspecified atom stereocenters. The first-order valence-electron chi connectivity index (χ1n) is 6.99. The van der Waals surface area contributed by atoms with Gasteiger partial charge >= 0.3 is 0 Å². The van der Waals surface area contributed by atoms with Crippen molar-refractivity contribution in [3.05, 3.63) is 60.2 Å². The molecule has 1 atom stereocenters. The van der Waals surface area contributed by atoms with Gasteiger partial charge < -0.3 is 4.74 Å². The molecule has 2 heteroatoms. The molecule has 104 valence electrons. The van der Waals surface area contributed by atoms with Crippen LogP contribution in [-0.4, -0.2) is 0 Å². The van der Waals surface area contributed by atoms with Crippen molar-refractivity contribution >= 4 is 0 Å². The van der Waals surface area contributed by atoms with Gasteiger partial charge in [0.2, 0.25) is 0 Å². The second-order valence-electron chi connectivity index (χ2n) is 4.25. The van der Waals surface area contributed by atoms with Crippen molar-refractivity contribution in [3.8, 4) is 17.6 Å². The molecule has 0 spiro atoms. The fraction of sp³-hybridized carbons (Fsp3) is 0.278. The SMILES string of the molecule is CC.CC(CC#N)c1cccc(Oc2ccccc2)c1. The number of nitrogens with zero attached hydrogens (tertiary/aromatic N) is 1. The van der Waals surface area contributed by atoms with E-state index in [4.69, 9.17) is 10.00 Å². The fourth-order valence-corrected chi connectivity index (χ4v) is 1.76. The molecule has 0 saturated heterocycles. The molecule has 0 aliphatic carbocycles. The van der Waals surface area contributed by atoms with E-state index >= 15 is 0 Å². The Morgan fingerprint density at radius 3 is 2.30 bits per heavy atom. The molecule has 2 nitrogen and oxygen atoms in total. The summed E-state index contributed by atoms with van der Waals surface area (Å²) in [6.45, 7) is 6.05. The van der Waals surface area contributed by atoms with Crippen LogP contribution in [0.4, 0.5) is 0 Å². The number of hydrogen-bond donors (Lipinski definition) is 0. The lowest BCUT2D eigenvalue weighted by Crippen LogP contribution is -1.92. The van der Waals surface area contributed by atoms with Crippen LogP contribution in [0.2, 0.25) is 0 Å². The van der Waals surface area contributed by atoms with E-state index in [0.717, 1.165) is 17.1 Å². The summed E-state index contributed by atoms with van der Waals surface area (Å²) < 4.78 is 5.76. The van der Waals surface area contributed by atoms with E-state index in [1.54, 1.807) is 0 Å². The van der Waals surface area contributed by atoms with Crippen LogP contribution in [0.15, 0.2) is 54.6 Å². The van der Waals surface area contributed by atoms with Crippen LogP contribution in [-0.2, 0) is 0 Å². The number of hydrogen-bond acceptors (Lipinski definition) is 2. The fourth-order valence-electron chi connectivity index (χ4n) is 1.76. The van der Waals surface area contributed by atoms with Gasteiger partial charge in [-0.3, -0.25) is 0 Å². The van der Waals surface area contributed by atoms with Crippen molar-refractivity contribution in [1.29, 1.82) is 5.26 Å². The molecule has 20 heavy (non-hydrogen) atoms. The third-order valence-corrected chi connectivity index (χ3v) is 2.80. The molecule has 0 saturated carbocycles. The highest BCUT2D eigenvalue weighted by Crippen LogP contribution is 2.26. The summed E-state index contributed by atoms with van der Waals surface area (Å²) >= 11 is 0. The van der Waals surface area contributed by atoms with Gasteiger partial charge in [-0.25, -0.2) is 0 Å². The van der Waals surface area contributed by atoms with Gasteiger partial charge in [-0.05, 0) is 35.7 Å². The van der Waals surface area contributed by atoms with Crippen LogP contribution in [0.1, 0.15) is 38.7 Å².